The van der Waals surface area contributed by atoms with Gasteiger partial charge >= 0.3 is 6.03 Å². The summed E-state index contributed by atoms with van der Waals surface area (Å²) >= 11 is 0. The standard InChI is InChI=1S/C21H20F3N3O3/c1-30-11-9-13(22)18(14(23)10-11)12-5-6-15(28)19(12)26-20(29)27-21(7-8-21)16-3-2-4-17(24)25-16/h2-4,9-10,12,19H,5-8H2,1H3,(H2,26,27,29)/t12-,19-/m0/s1. The van der Waals surface area contributed by atoms with E-state index >= 15 is 0 Å². The van der Waals surface area contributed by atoms with Gasteiger partial charge in [-0.25, -0.2) is 18.6 Å². The second kappa shape index (κ2) is 7.62. The number of benzene rings is 1. The van der Waals surface area contributed by atoms with E-state index in [1.807, 2.05) is 0 Å². The van der Waals surface area contributed by atoms with Crippen LogP contribution in [0.1, 0.15) is 42.9 Å². The highest BCUT2D eigenvalue weighted by Gasteiger charge is 2.48. The van der Waals surface area contributed by atoms with E-state index in [2.05, 4.69) is 15.6 Å². The van der Waals surface area contributed by atoms with Crippen LogP contribution in [0.4, 0.5) is 18.0 Å². The largest absolute Gasteiger partial charge is 0.497 e. The maximum Gasteiger partial charge on any atom is 0.316 e. The Bertz CT molecular complexity index is 987. The van der Waals surface area contributed by atoms with Crippen molar-refractivity contribution in [3.05, 3.63) is 59.2 Å². The minimum absolute atomic E-state index is 0.0265. The van der Waals surface area contributed by atoms with Crippen molar-refractivity contribution in [3.8, 4) is 5.75 Å². The van der Waals surface area contributed by atoms with Crippen LogP contribution in [0.2, 0.25) is 0 Å². The molecule has 2 saturated carbocycles. The molecule has 0 radical (unpaired) electrons. The Hall–Kier alpha value is -3.10. The Labute approximate surface area is 170 Å². The summed E-state index contributed by atoms with van der Waals surface area (Å²) in [5.41, 5.74) is -0.668. The first-order valence-electron chi connectivity index (χ1n) is 9.60. The third-order valence-electron chi connectivity index (χ3n) is 5.70. The Kier molecular flexibility index (Phi) is 5.13. The highest BCUT2D eigenvalue weighted by Crippen LogP contribution is 2.44. The highest BCUT2D eigenvalue weighted by atomic mass is 19.1. The van der Waals surface area contributed by atoms with Crippen molar-refractivity contribution in [2.45, 2.75) is 43.2 Å². The fraction of sp³-hybridized carbons (Fsp3) is 0.381. The van der Waals surface area contributed by atoms with E-state index in [0.29, 0.717) is 18.5 Å². The van der Waals surface area contributed by atoms with Crippen LogP contribution in [0.15, 0.2) is 30.3 Å². The summed E-state index contributed by atoms with van der Waals surface area (Å²) in [5.74, 6) is -3.44. The first-order valence-corrected chi connectivity index (χ1v) is 9.60. The van der Waals surface area contributed by atoms with Crippen LogP contribution < -0.4 is 15.4 Å². The third-order valence-corrected chi connectivity index (χ3v) is 5.70. The fourth-order valence-electron chi connectivity index (χ4n) is 4.01. The molecule has 0 spiro atoms. The molecule has 0 unspecified atom stereocenters. The summed E-state index contributed by atoms with van der Waals surface area (Å²) in [6, 6.07) is 4.68. The monoisotopic (exact) mass is 419 g/mol. The lowest BCUT2D eigenvalue weighted by molar-refractivity contribution is -0.119. The van der Waals surface area contributed by atoms with Gasteiger partial charge in [-0.1, -0.05) is 6.07 Å². The van der Waals surface area contributed by atoms with Crippen LogP contribution in [-0.2, 0) is 10.3 Å². The summed E-state index contributed by atoms with van der Waals surface area (Å²) in [6.45, 7) is 0. The number of nitrogens with one attached hydrogen (secondary N) is 2. The average molecular weight is 419 g/mol. The highest BCUT2D eigenvalue weighted by molar-refractivity contribution is 5.91. The molecule has 4 rings (SSSR count). The van der Waals surface area contributed by atoms with Crippen molar-refractivity contribution in [3.63, 3.8) is 0 Å². The Morgan fingerprint density at radius 2 is 1.90 bits per heavy atom. The van der Waals surface area contributed by atoms with Gasteiger partial charge < -0.3 is 15.4 Å². The SMILES string of the molecule is COc1cc(F)c([C@@H]2CCC(=O)[C@H]2NC(=O)NC2(c3cccc(F)n3)CC2)c(F)c1. The minimum Gasteiger partial charge on any atom is -0.497 e. The number of Topliss-reactive ketones (excluding diaryl/α,β-unsaturated/α-hetero) is 1. The lowest BCUT2D eigenvalue weighted by Crippen LogP contribution is -2.49. The molecule has 30 heavy (non-hydrogen) atoms. The van der Waals surface area contributed by atoms with Crippen LogP contribution in [0, 0.1) is 17.6 Å². The predicted octanol–water partition coefficient (Wildman–Crippen LogP) is 3.31. The molecule has 2 aliphatic rings. The molecule has 0 saturated heterocycles. The molecule has 2 N–H and O–H groups in total. The van der Waals surface area contributed by atoms with E-state index in [0.717, 1.165) is 12.1 Å². The molecule has 0 bridgehead atoms. The molecule has 9 heteroatoms. The smallest absolute Gasteiger partial charge is 0.316 e. The number of ketones is 1. The zero-order chi connectivity index (χ0) is 21.5. The number of carbonyl (C=O) groups excluding carboxylic acids is 2. The Morgan fingerprint density at radius 1 is 1.20 bits per heavy atom. The molecule has 1 aromatic heterocycles. The lowest BCUT2D eigenvalue weighted by atomic mass is 9.92. The number of hydrogen-bond acceptors (Lipinski definition) is 4. The van der Waals surface area contributed by atoms with Gasteiger partial charge in [0.05, 0.1) is 24.4 Å². The van der Waals surface area contributed by atoms with Crippen molar-refractivity contribution in [1.29, 1.82) is 0 Å². The quantitative estimate of drug-likeness (QED) is 0.729. The molecule has 6 nitrogen and oxygen atoms in total. The van der Waals surface area contributed by atoms with Crippen LogP contribution in [0.3, 0.4) is 0 Å². The van der Waals surface area contributed by atoms with Crippen LogP contribution in [0.25, 0.3) is 0 Å². The summed E-state index contributed by atoms with van der Waals surface area (Å²) in [7, 11) is 1.29. The van der Waals surface area contributed by atoms with Crippen molar-refractivity contribution < 1.29 is 27.5 Å². The molecule has 2 atom stereocenters. The normalized spacial score (nSPS) is 21.9. The van der Waals surface area contributed by atoms with Gasteiger partial charge in [-0.15, -0.1) is 0 Å². The average Bonchev–Trinajstić information content (AvgIpc) is 3.40. The second-order valence-corrected chi connectivity index (χ2v) is 7.62. The predicted molar refractivity (Wildman–Crippen MR) is 100 cm³/mol. The van der Waals surface area contributed by atoms with E-state index in [1.165, 1.54) is 19.2 Å². The Balaban J connectivity index is 1.52. The van der Waals surface area contributed by atoms with Gasteiger partial charge in [-0.3, -0.25) is 4.79 Å². The number of methoxy groups -OCH3 is 1. The molecule has 158 valence electrons. The summed E-state index contributed by atoms with van der Waals surface area (Å²) in [6.07, 6.45) is 1.44. The molecule has 2 amide bonds. The topological polar surface area (TPSA) is 80.3 Å². The maximum atomic E-state index is 14.5. The van der Waals surface area contributed by atoms with Crippen LogP contribution >= 0.6 is 0 Å². The van der Waals surface area contributed by atoms with Gasteiger partial charge in [0, 0.05) is 30.0 Å². The van der Waals surface area contributed by atoms with Gasteiger partial charge in [0.1, 0.15) is 17.4 Å². The number of halogens is 3. The van der Waals surface area contributed by atoms with Gasteiger partial charge in [0.25, 0.3) is 0 Å². The number of urea groups is 1. The van der Waals surface area contributed by atoms with Gasteiger partial charge in [-0.05, 0) is 31.4 Å². The number of ether oxygens (including phenoxy) is 1. The molecular formula is C21H20F3N3O3. The third kappa shape index (κ3) is 3.71. The minimum atomic E-state index is -1.07. The van der Waals surface area contributed by atoms with E-state index in [9.17, 15) is 22.8 Å². The molecule has 2 aliphatic carbocycles. The second-order valence-electron chi connectivity index (χ2n) is 7.62. The molecule has 1 aromatic carbocycles. The van der Waals surface area contributed by atoms with E-state index in [1.54, 1.807) is 6.07 Å². The van der Waals surface area contributed by atoms with Gasteiger partial charge in [-0.2, -0.15) is 4.39 Å². The summed E-state index contributed by atoms with van der Waals surface area (Å²) in [4.78, 5) is 28.8. The fourth-order valence-corrected chi connectivity index (χ4v) is 4.01. The number of aromatic nitrogens is 1. The molecule has 2 fully saturated rings. The zero-order valence-corrected chi connectivity index (χ0v) is 16.2. The van der Waals surface area contributed by atoms with Gasteiger partial charge in [0.2, 0.25) is 5.95 Å². The Morgan fingerprint density at radius 3 is 2.50 bits per heavy atom. The molecular weight excluding hydrogens is 399 g/mol. The van der Waals surface area contributed by atoms with E-state index in [4.69, 9.17) is 4.74 Å². The maximum absolute atomic E-state index is 14.5. The zero-order valence-electron chi connectivity index (χ0n) is 16.2. The van der Waals surface area contributed by atoms with Crippen molar-refractivity contribution >= 4 is 11.8 Å². The van der Waals surface area contributed by atoms with Crippen LogP contribution in [-0.4, -0.2) is 29.9 Å². The first kappa shape index (κ1) is 20.2. The molecule has 2 aromatic rings. The van der Waals surface area contributed by atoms with E-state index < -0.39 is 41.1 Å². The summed E-state index contributed by atoms with van der Waals surface area (Å²) < 4.78 is 47.4. The van der Waals surface area contributed by atoms with Crippen molar-refractivity contribution in [2.75, 3.05) is 7.11 Å². The lowest BCUT2D eigenvalue weighted by Gasteiger charge is -2.24. The molecule has 1 heterocycles. The van der Waals surface area contributed by atoms with E-state index in [-0.39, 0.29) is 29.9 Å². The number of hydrogen-bond donors (Lipinski definition) is 2. The van der Waals surface area contributed by atoms with Crippen molar-refractivity contribution in [1.82, 2.24) is 15.6 Å². The summed E-state index contributed by atoms with van der Waals surface area (Å²) in [5, 5.41) is 5.29. The number of amides is 2. The number of carbonyl (C=O) groups is 2. The number of rotatable bonds is 5. The number of pyridine rings is 1. The molecule has 0 aliphatic heterocycles. The number of nitrogens with zero attached hydrogens (tertiary/aromatic N) is 1. The van der Waals surface area contributed by atoms with Crippen molar-refractivity contribution in [2.24, 2.45) is 0 Å². The first-order chi connectivity index (χ1) is 14.3. The van der Waals surface area contributed by atoms with Crippen LogP contribution in [0.5, 0.6) is 5.75 Å². The van der Waals surface area contributed by atoms with Gasteiger partial charge in [0.15, 0.2) is 5.78 Å².